The Balaban J connectivity index is 1.38. The van der Waals surface area contributed by atoms with Crippen molar-refractivity contribution in [2.45, 2.75) is 46.8 Å². The number of carboxylic acid groups (broad SMARTS) is 1. The lowest BCUT2D eigenvalue weighted by Gasteiger charge is -2.18. The third-order valence-corrected chi connectivity index (χ3v) is 6.64. The van der Waals surface area contributed by atoms with Gasteiger partial charge in [0.05, 0.1) is 29.7 Å². The van der Waals surface area contributed by atoms with Gasteiger partial charge in [-0.3, -0.25) is 9.69 Å². The molecule has 1 fully saturated rings. The Labute approximate surface area is 210 Å². The molecule has 0 radical (unpaired) electrons. The van der Waals surface area contributed by atoms with E-state index in [0.29, 0.717) is 25.3 Å². The van der Waals surface area contributed by atoms with E-state index in [4.69, 9.17) is 4.84 Å². The van der Waals surface area contributed by atoms with Gasteiger partial charge in [0.25, 0.3) is 0 Å². The molecule has 0 spiro atoms. The van der Waals surface area contributed by atoms with Crippen LogP contribution in [0.4, 0.5) is 4.39 Å². The maximum absolute atomic E-state index is 13.1. The molecule has 0 aliphatic carbocycles. The molecule has 1 N–H and O–H groups in total. The fourth-order valence-electron chi connectivity index (χ4n) is 4.56. The minimum atomic E-state index is -0.705. The van der Waals surface area contributed by atoms with E-state index in [9.17, 15) is 14.3 Å². The first kappa shape index (κ1) is 25.4. The van der Waals surface area contributed by atoms with Crippen molar-refractivity contribution in [3.63, 3.8) is 0 Å². The van der Waals surface area contributed by atoms with Crippen LogP contribution in [0.5, 0.6) is 0 Å². The van der Waals surface area contributed by atoms with Gasteiger partial charge in [-0.15, -0.1) is 0 Å². The second kappa shape index (κ2) is 11.4. The Hall–Kier alpha value is -3.65. The summed E-state index contributed by atoms with van der Waals surface area (Å²) in [6, 6.07) is 12.2. The molecule has 2 aromatic carbocycles. The molecule has 8 heteroatoms. The van der Waals surface area contributed by atoms with Gasteiger partial charge in [-0.05, 0) is 67.1 Å². The Morgan fingerprint density at radius 3 is 2.69 bits per heavy atom. The van der Waals surface area contributed by atoms with E-state index in [2.05, 4.69) is 39.1 Å². The van der Waals surface area contributed by atoms with Gasteiger partial charge in [0.15, 0.2) is 0 Å². The number of aromatic nitrogens is 2. The van der Waals surface area contributed by atoms with Crippen molar-refractivity contribution in [2.24, 2.45) is 11.1 Å². The van der Waals surface area contributed by atoms with Gasteiger partial charge < -0.3 is 9.94 Å². The van der Waals surface area contributed by atoms with Crippen LogP contribution in [0, 0.1) is 18.8 Å². The summed E-state index contributed by atoms with van der Waals surface area (Å²) in [6.07, 6.45) is 4.13. The molecule has 2 heterocycles. The number of rotatable bonds is 9. The maximum atomic E-state index is 13.1. The van der Waals surface area contributed by atoms with Gasteiger partial charge >= 0.3 is 5.97 Å². The highest BCUT2D eigenvalue weighted by atomic mass is 19.1. The van der Waals surface area contributed by atoms with Crippen LogP contribution in [0.2, 0.25) is 0 Å². The first-order valence-electron chi connectivity index (χ1n) is 12.2. The number of aryl methyl sites for hydroxylation is 2. The fraction of sp³-hybridized carbons (Fsp3) is 0.357. The number of aliphatic carboxylic acids is 1. The fourth-order valence-corrected chi connectivity index (χ4v) is 4.56. The standard InChI is InChI=1S/C28H31FN4O3/c1-4-21-12-22(6-7-23(21)15-33-10-9-24(16-33)28(34)35)19(3)32-36-17-20-5-8-25(18(2)11-20)26-13-31-27(29)14-30-26/h5-8,11-14,24H,4,9-10,15-17H2,1-3H3,(H,34,35)/b32-19+. The van der Waals surface area contributed by atoms with Gasteiger partial charge in [0.2, 0.25) is 5.95 Å². The molecular formula is C28H31FN4O3. The van der Waals surface area contributed by atoms with Crippen LogP contribution in [0.1, 0.15) is 48.1 Å². The summed E-state index contributed by atoms with van der Waals surface area (Å²) in [7, 11) is 0. The lowest BCUT2D eigenvalue weighted by Crippen LogP contribution is -2.23. The quantitative estimate of drug-likeness (QED) is 0.335. The molecule has 7 nitrogen and oxygen atoms in total. The molecular weight excluding hydrogens is 459 g/mol. The smallest absolute Gasteiger partial charge is 0.307 e. The van der Waals surface area contributed by atoms with E-state index in [-0.39, 0.29) is 5.92 Å². The average molecular weight is 491 g/mol. The zero-order valence-electron chi connectivity index (χ0n) is 20.9. The number of hydrogen-bond donors (Lipinski definition) is 1. The zero-order chi connectivity index (χ0) is 25.7. The molecule has 1 aliphatic heterocycles. The average Bonchev–Trinajstić information content (AvgIpc) is 3.34. The van der Waals surface area contributed by atoms with E-state index >= 15 is 0 Å². The Bertz CT molecular complexity index is 1260. The first-order valence-corrected chi connectivity index (χ1v) is 12.2. The third-order valence-electron chi connectivity index (χ3n) is 6.64. The van der Waals surface area contributed by atoms with Crippen molar-refractivity contribution in [3.8, 4) is 11.3 Å². The number of oxime groups is 1. The molecule has 188 valence electrons. The van der Waals surface area contributed by atoms with Crippen molar-refractivity contribution in [1.82, 2.24) is 14.9 Å². The lowest BCUT2D eigenvalue weighted by atomic mass is 9.99. The van der Waals surface area contributed by atoms with E-state index in [1.165, 1.54) is 17.3 Å². The number of carboxylic acids is 1. The van der Waals surface area contributed by atoms with Gasteiger partial charge in [-0.1, -0.05) is 42.4 Å². The van der Waals surface area contributed by atoms with Crippen molar-refractivity contribution in [1.29, 1.82) is 0 Å². The van der Waals surface area contributed by atoms with Gasteiger partial charge in [-0.25, -0.2) is 9.97 Å². The molecule has 0 amide bonds. The Morgan fingerprint density at radius 1 is 1.19 bits per heavy atom. The largest absolute Gasteiger partial charge is 0.481 e. The summed E-state index contributed by atoms with van der Waals surface area (Å²) in [4.78, 5) is 26.9. The normalized spacial score (nSPS) is 16.3. The minimum Gasteiger partial charge on any atom is -0.481 e. The lowest BCUT2D eigenvalue weighted by molar-refractivity contribution is -0.141. The second-order valence-corrected chi connectivity index (χ2v) is 9.22. The van der Waals surface area contributed by atoms with Crippen LogP contribution >= 0.6 is 0 Å². The summed E-state index contributed by atoms with van der Waals surface area (Å²) in [5.41, 5.74) is 7.73. The van der Waals surface area contributed by atoms with E-state index in [1.54, 1.807) is 0 Å². The van der Waals surface area contributed by atoms with E-state index < -0.39 is 11.9 Å². The predicted octanol–water partition coefficient (Wildman–Crippen LogP) is 5.00. The number of likely N-dealkylation sites (tertiary alicyclic amines) is 1. The number of halogens is 1. The molecule has 0 saturated carbocycles. The zero-order valence-corrected chi connectivity index (χ0v) is 20.9. The first-order chi connectivity index (χ1) is 17.3. The minimum absolute atomic E-state index is 0.266. The predicted molar refractivity (Wildman–Crippen MR) is 136 cm³/mol. The summed E-state index contributed by atoms with van der Waals surface area (Å²) >= 11 is 0. The van der Waals surface area contributed by atoms with Gasteiger partial charge in [-0.2, -0.15) is 4.39 Å². The number of carbonyl (C=O) groups is 1. The highest BCUT2D eigenvalue weighted by molar-refractivity contribution is 5.98. The van der Waals surface area contributed by atoms with Crippen LogP contribution in [0.3, 0.4) is 0 Å². The van der Waals surface area contributed by atoms with Crippen molar-refractivity contribution < 1.29 is 19.1 Å². The summed E-state index contributed by atoms with van der Waals surface area (Å²) in [5, 5.41) is 13.6. The highest BCUT2D eigenvalue weighted by Gasteiger charge is 2.28. The summed E-state index contributed by atoms with van der Waals surface area (Å²) in [6.45, 7) is 8.52. The monoisotopic (exact) mass is 490 g/mol. The van der Waals surface area contributed by atoms with Crippen molar-refractivity contribution >= 4 is 11.7 Å². The van der Waals surface area contributed by atoms with Crippen LogP contribution in [-0.4, -0.2) is 44.7 Å². The van der Waals surface area contributed by atoms with Gasteiger partial charge in [0.1, 0.15) is 6.61 Å². The summed E-state index contributed by atoms with van der Waals surface area (Å²) < 4.78 is 13.1. The molecule has 0 bridgehead atoms. The van der Waals surface area contributed by atoms with E-state index in [1.807, 2.05) is 38.1 Å². The molecule has 36 heavy (non-hydrogen) atoms. The molecule has 1 aromatic heterocycles. The van der Waals surface area contributed by atoms with Crippen LogP contribution < -0.4 is 0 Å². The van der Waals surface area contributed by atoms with E-state index in [0.717, 1.165) is 53.7 Å². The molecule has 4 rings (SSSR count). The summed E-state index contributed by atoms with van der Waals surface area (Å²) in [5.74, 6) is -1.57. The Morgan fingerprint density at radius 2 is 2.03 bits per heavy atom. The SMILES string of the molecule is CCc1cc(/C(C)=N/OCc2ccc(-c3cnc(F)cn3)c(C)c2)ccc1CN1CCC(C(=O)O)C1. The number of nitrogens with zero attached hydrogens (tertiary/aromatic N) is 4. The van der Waals surface area contributed by atoms with Crippen LogP contribution in [0.25, 0.3) is 11.3 Å². The van der Waals surface area contributed by atoms with Crippen LogP contribution in [0.15, 0.2) is 53.9 Å². The van der Waals surface area contributed by atoms with Crippen LogP contribution in [-0.2, 0) is 29.2 Å². The maximum Gasteiger partial charge on any atom is 0.307 e. The van der Waals surface area contributed by atoms with Crippen molar-refractivity contribution in [3.05, 3.63) is 82.6 Å². The third kappa shape index (κ3) is 6.12. The second-order valence-electron chi connectivity index (χ2n) is 9.22. The number of benzene rings is 2. The molecule has 1 saturated heterocycles. The Kier molecular flexibility index (Phi) is 8.05. The highest BCUT2D eigenvalue weighted by Crippen LogP contribution is 2.23. The number of hydrogen-bond acceptors (Lipinski definition) is 6. The molecule has 1 unspecified atom stereocenters. The van der Waals surface area contributed by atoms with Crippen molar-refractivity contribution in [2.75, 3.05) is 13.1 Å². The molecule has 3 aromatic rings. The molecule has 1 atom stereocenters. The van der Waals surface area contributed by atoms with Gasteiger partial charge in [0, 0.05) is 18.7 Å². The molecule has 1 aliphatic rings. The topological polar surface area (TPSA) is 87.9 Å².